The number of hydrogen-bond acceptors (Lipinski definition) is 4. The van der Waals surface area contributed by atoms with Gasteiger partial charge in [-0.25, -0.2) is 0 Å². The molecular weight excluding hydrogens is 230 g/mol. The van der Waals surface area contributed by atoms with Crippen molar-refractivity contribution in [2.75, 3.05) is 19.3 Å². The Kier molecular flexibility index (Phi) is 4.72. The second kappa shape index (κ2) is 5.83. The minimum absolute atomic E-state index is 0.386. The summed E-state index contributed by atoms with van der Waals surface area (Å²) in [5.41, 5.74) is 0. The third-order valence-electron chi connectivity index (χ3n) is 1.79. The second-order valence-corrected chi connectivity index (χ2v) is 4.91. The van der Waals surface area contributed by atoms with Crippen molar-refractivity contribution >= 4 is 10.1 Å². The van der Waals surface area contributed by atoms with Gasteiger partial charge in [-0.15, -0.1) is 0 Å². The van der Waals surface area contributed by atoms with Gasteiger partial charge in [0.2, 0.25) is 0 Å². The first-order chi connectivity index (χ1) is 7.45. The van der Waals surface area contributed by atoms with Crippen LogP contribution in [0.25, 0.3) is 0 Å². The molecule has 2 N–H and O–H groups in total. The van der Waals surface area contributed by atoms with Crippen molar-refractivity contribution in [3.63, 3.8) is 0 Å². The van der Waals surface area contributed by atoms with Crippen LogP contribution >= 0.6 is 0 Å². The van der Waals surface area contributed by atoms with E-state index < -0.39 is 10.1 Å². The van der Waals surface area contributed by atoms with Crippen molar-refractivity contribution in [2.24, 2.45) is 0 Å². The van der Waals surface area contributed by atoms with Gasteiger partial charge in [-0.05, 0) is 12.1 Å². The average Bonchev–Trinajstić information content (AvgIpc) is 2.11. The third kappa shape index (κ3) is 6.39. The Balaban J connectivity index is 0.000000221. The molecule has 90 valence electrons. The Morgan fingerprint density at radius 2 is 1.81 bits per heavy atom. The van der Waals surface area contributed by atoms with E-state index in [2.05, 4.69) is 5.32 Å². The fourth-order valence-electron chi connectivity index (χ4n) is 1.04. The fraction of sp³-hybridized carbons (Fsp3) is 0.400. The van der Waals surface area contributed by atoms with Gasteiger partial charge in [0.15, 0.2) is 0 Å². The van der Waals surface area contributed by atoms with Crippen molar-refractivity contribution in [3.8, 4) is 5.75 Å². The quantitative estimate of drug-likeness (QED) is 0.744. The predicted octanol–water partition coefficient (Wildman–Crippen LogP) is 0.541. The van der Waals surface area contributed by atoms with E-state index in [0.717, 1.165) is 18.8 Å². The Hall–Kier alpha value is -1.11. The summed E-state index contributed by atoms with van der Waals surface area (Å²) in [5.74, 6) is 0.971. The minimum Gasteiger partial charge on any atom is -0.488 e. The van der Waals surface area contributed by atoms with Crippen LogP contribution in [0.5, 0.6) is 5.75 Å². The molecule has 2 rings (SSSR count). The molecule has 0 radical (unpaired) electrons. The molecule has 1 aliphatic rings. The summed E-state index contributed by atoms with van der Waals surface area (Å²) < 4.78 is 31.5. The molecule has 1 aliphatic heterocycles. The van der Waals surface area contributed by atoms with Crippen molar-refractivity contribution in [3.05, 3.63) is 30.3 Å². The number of nitrogens with one attached hydrogen (secondary N) is 1. The second-order valence-electron chi connectivity index (χ2n) is 3.44. The molecule has 6 heteroatoms. The van der Waals surface area contributed by atoms with Crippen LogP contribution in [-0.2, 0) is 10.1 Å². The van der Waals surface area contributed by atoms with Gasteiger partial charge in [0.1, 0.15) is 11.9 Å². The standard InChI is InChI=1S/C9H11NO.CH4O3S/c1-2-4-8(5-3-1)11-9-6-10-7-9;1-5(2,3)4/h1-5,9-10H,6-7H2;1H3,(H,2,3,4). The lowest BCUT2D eigenvalue weighted by Gasteiger charge is -2.27. The van der Waals surface area contributed by atoms with E-state index in [1.54, 1.807) is 0 Å². The maximum absolute atomic E-state index is 9.19. The van der Waals surface area contributed by atoms with Gasteiger partial charge < -0.3 is 10.1 Å². The van der Waals surface area contributed by atoms with Crippen molar-refractivity contribution < 1.29 is 17.7 Å². The van der Waals surface area contributed by atoms with Crippen molar-refractivity contribution in [2.45, 2.75) is 6.10 Å². The third-order valence-corrected chi connectivity index (χ3v) is 1.79. The van der Waals surface area contributed by atoms with E-state index >= 15 is 0 Å². The zero-order chi connectivity index (χ0) is 12.0. The SMILES string of the molecule is CS(=O)(=O)O.c1ccc(OC2CNC2)cc1. The molecule has 0 aliphatic carbocycles. The predicted molar refractivity (Wildman–Crippen MR) is 61.2 cm³/mol. The summed E-state index contributed by atoms with van der Waals surface area (Å²) in [6.45, 7) is 1.96. The van der Waals surface area contributed by atoms with Gasteiger partial charge in [0.05, 0.1) is 6.26 Å². The van der Waals surface area contributed by atoms with Gasteiger partial charge in [0, 0.05) is 13.1 Å². The van der Waals surface area contributed by atoms with E-state index in [1.807, 2.05) is 30.3 Å². The van der Waals surface area contributed by atoms with E-state index in [9.17, 15) is 8.42 Å². The van der Waals surface area contributed by atoms with Crippen LogP contribution in [-0.4, -0.2) is 38.4 Å². The highest BCUT2D eigenvalue weighted by Gasteiger charge is 2.17. The van der Waals surface area contributed by atoms with Crippen LogP contribution in [0.15, 0.2) is 30.3 Å². The number of hydrogen-bond donors (Lipinski definition) is 2. The summed E-state index contributed by atoms with van der Waals surface area (Å²) in [6.07, 6.45) is 1.10. The first-order valence-corrected chi connectivity index (χ1v) is 6.65. The van der Waals surface area contributed by atoms with Crippen molar-refractivity contribution in [1.29, 1.82) is 0 Å². The lowest BCUT2D eigenvalue weighted by molar-refractivity contribution is 0.142. The molecule has 1 heterocycles. The molecule has 0 bridgehead atoms. The highest BCUT2D eigenvalue weighted by Crippen LogP contribution is 2.12. The Bertz CT molecular complexity index is 392. The first kappa shape index (κ1) is 13.0. The number of para-hydroxylation sites is 1. The molecule has 1 saturated heterocycles. The molecule has 0 spiro atoms. The van der Waals surface area contributed by atoms with Gasteiger partial charge in [0.25, 0.3) is 10.1 Å². The minimum atomic E-state index is -3.67. The molecule has 0 atom stereocenters. The topological polar surface area (TPSA) is 75.6 Å². The van der Waals surface area contributed by atoms with E-state index in [1.165, 1.54) is 0 Å². The van der Waals surface area contributed by atoms with E-state index in [0.29, 0.717) is 12.4 Å². The number of rotatable bonds is 2. The van der Waals surface area contributed by atoms with Gasteiger partial charge in [-0.3, -0.25) is 4.55 Å². The molecule has 5 nitrogen and oxygen atoms in total. The molecule has 0 unspecified atom stereocenters. The molecule has 16 heavy (non-hydrogen) atoms. The fourth-order valence-corrected chi connectivity index (χ4v) is 1.04. The zero-order valence-corrected chi connectivity index (χ0v) is 9.78. The van der Waals surface area contributed by atoms with Crippen LogP contribution in [0.1, 0.15) is 0 Å². The number of ether oxygens (including phenoxy) is 1. The van der Waals surface area contributed by atoms with Gasteiger partial charge >= 0.3 is 0 Å². The first-order valence-electron chi connectivity index (χ1n) is 4.80. The van der Waals surface area contributed by atoms with Crippen molar-refractivity contribution in [1.82, 2.24) is 5.32 Å². The molecule has 1 fully saturated rings. The highest BCUT2D eigenvalue weighted by molar-refractivity contribution is 7.85. The lowest BCUT2D eigenvalue weighted by Crippen LogP contribution is -2.50. The van der Waals surface area contributed by atoms with Crippen LogP contribution in [0.3, 0.4) is 0 Å². The Labute approximate surface area is 95.2 Å². The van der Waals surface area contributed by atoms with Gasteiger partial charge in [-0.2, -0.15) is 8.42 Å². The summed E-state index contributed by atoms with van der Waals surface area (Å²) in [7, 11) is -3.67. The van der Waals surface area contributed by atoms with Crippen LogP contribution < -0.4 is 10.1 Å². The van der Waals surface area contributed by atoms with Crippen LogP contribution in [0.4, 0.5) is 0 Å². The summed E-state index contributed by atoms with van der Waals surface area (Å²) in [6, 6.07) is 9.94. The highest BCUT2D eigenvalue weighted by atomic mass is 32.2. The maximum atomic E-state index is 9.19. The Morgan fingerprint density at radius 3 is 2.19 bits per heavy atom. The Morgan fingerprint density at radius 1 is 1.31 bits per heavy atom. The molecule has 0 aromatic heterocycles. The zero-order valence-electron chi connectivity index (χ0n) is 8.96. The summed E-state index contributed by atoms with van der Waals surface area (Å²) in [5, 5.41) is 3.16. The summed E-state index contributed by atoms with van der Waals surface area (Å²) in [4.78, 5) is 0. The monoisotopic (exact) mass is 245 g/mol. The molecule has 0 saturated carbocycles. The van der Waals surface area contributed by atoms with E-state index in [4.69, 9.17) is 9.29 Å². The smallest absolute Gasteiger partial charge is 0.261 e. The van der Waals surface area contributed by atoms with E-state index in [-0.39, 0.29) is 0 Å². The number of benzene rings is 1. The lowest BCUT2D eigenvalue weighted by atomic mass is 10.2. The largest absolute Gasteiger partial charge is 0.488 e. The summed E-state index contributed by atoms with van der Waals surface area (Å²) >= 11 is 0. The van der Waals surface area contributed by atoms with Crippen LogP contribution in [0, 0.1) is 0 Å². The maximum Gasteiger partial charge on any atom is 0.261 e. The van der Waals surface area contributed by atoms with Crippen LogP contribution in [0.2, 0.25) is 0 Å². The molecule has 1 aromatic rings. The average molecular weight is 245 g/mol. The molecule has 0 amide bonds. The molecule has 1 aromatic carbocycles. The normalized spacial score (nSPS) is 15.6. The van der Waals surface area contributed by atoms with Gasteiger partial charge in [-0.1, -0.05) is 18.2 Å². The molecular formula is C10H15NO4S.